The van der Waals surface area contributed by atoms with Gasteiger partial charge in [0, 0.05) is 16.1 Å². The van der Waals surface area contributed by atoms with E-state index in [9.17, 15) is 5.11 Å². The number of benzene rings is 2. The maximum absolute atomic E-state index is 9.51. The third kappa shape index (κ3) is 3.18. The fourth-order valence-electron chi connectivity index (χ4n) is 1.37. The highest BCUT2D eigenvalue weighted by Crippen LogP contribution is 2.13. The summed E-state index contributed by atoms with van der Waals surface area (Å²) in [5.74, 6) is 0.175. The van der Waals surface area contributed by atoms with Crippen LogP contribution in [0.15, 0.2) is 58.7 Å². The summed E-state index contributed by atoms with van der Waals surface area (Å²) in [6.07, 6.45) is 3.06. The van der Waals surface area contributed by atoms with Crippen LogP contribution in [0.25, 0.3) is 0 Å². The van der Waals surface area contributed by atoms with Crippen LogP contribution in [0.4, 0.5) is 0 Å². The van der Waals surface area contributed by atoms with E-state index in [2.05, 4.69) is 10.2 Å². The molecule has 0 aromatic heterocycles. The van der Waals surface area contributed by atoms with E-state index in [0.29, 0.717) is 10.6 Å². The number of rotatable bonds is 3. The first kappa shape index (κ1) is 12.3. The van der Waals surface area contributed by atoms with Gasteiger partial charge in [-0.05, 0) is 18.2 Å². The van der Waals surface area contributed by atoms with Crippen molar-refractivity contribution in [3.8, 4) is 5.75 Å². The average molecular weight is 259 g/mol. The molecular weight excluding hydrogens is 248 g/mol. The number of nitrogens with zero attached hydrogens (tertiary/aromatic N) is 2. The van der Waals surface area contributed by atoms with Gasteiger partial charge in [-0.3, -0.25) is 0 Å². The number of hydrogen-bond acceptors (Lipinski definition) is 3. The Balaban J connectivity index is 2.08. The molecule has 0 saturated heterocycles. The first-order valence-electron chi connectivity index (χ1n) is 5.36. The lowest BCUT2D eigenvalue weighted by Crippen LogP contribution is -1.82. The molecule has 0 atom stereocenters. The minimum Gasteiger partial charge on any atom is -0.507 e. The molecule has 0 fully saturated rings. The Bertz CT molecular complexity index is 540. The molecule has 4 heteroatoms. The van der Waals surface area contributed by atoms with Gasteiger partial charge in [-0.15, -0.1) is 0 Å². The molecule has 18 heavy (non-hydrogen) atoms. The number of halogens is 1. The van der Waals surface area contributed by atoms with Gasteiger partial charge in [0.1, 0.15) is 5.75 Å². The smallest absolute Gasteiger partial charge is 0.124 e. The monoisotopic (exact) mass is 258 g/mol. The summed E-state index contributed by atoms with van der Waals surface area (Å²) in [5.41, 5.74) is 1.42. The Kier molecular flexibility index (Phi) is 4.10. The van der Waals surface area contributed by atoms with Crippen LogP contribution in [0.1, 0.15) is 11.1 Å². The van der Waals surface area contributed by atoms with Crippen LogP contribution >= 0.6 is 11.6 Å². The van der Waals surface area contributed by atoms with Crippen LogP contribution in [0, 0.1) is 0 Å². The third-order valence-corrected chi connectivity index (χ3v) is 2.65. The molecule has 3 nitrogen and oxygen atoms in total. The molecule has 1 N–H and O–H groups in total. The number of hydrogen-bond donors (Lipinski definition) is 1. The second-order valence-electron chi connectivity index (χ2n) is 3.57. The van der Waals surface area contributed by atoms with Crippen molar-refractivity contribution in [1.29, 1.82) is 0 Å². The minimum absolute atomic E-state index is 0.175. The van der Waals surface area contributed by atoms with Gasteiger partial charge in [0.2, 0.25) is 0 Å². The van der Waals surface area contributed by atoms with Crippen molar-refractivity contribution in [2.75, 3.05) is 0 Å². The van der Waals surface area contributed by atoms with Crippen LogP contribution in [0.2, 0.25) is 5.02 Å². The summed E-state index contributed by atoms with van der Waals surface area (Å²) in [5, 5.41) is 17.9. The summed E-state index contributed by atoms with van der Waals surface area (Å²) in [7, 11) is 0. The molecule has 0 radical (unpaired) electrons. The van der Waals surface area contributed by atoms with Crippen molar-refractivity contribution in [3.63, 3.8) is 0 Å². The molecule has 0 aliphatic heterocycles. The van der Waals surface area contributed by atoms with Crippen LogP contribution in [0.3, 0.4) is 0 Å². The van der Waals surface area contributed by atoms with Crippen molar-refractivity contribution in [1.82, 2.24) is 0 Å². The van der Waals surface area contributed by atoms with Gasteiger partial charge in [0.25, 0.3) is 0 Å². The lowest BCUT2D eigenvalue weighted by Gasteiger charge is -1.95. The van der Waals surface area contributed by atoms with Crippen molar-refractivity contribution < 1.29 is 5.11 Å². The normalized spacial score (nSPS) is 11.4. The Morgan fingerprint density at radius 3 is 2.06 bits per heavy atom. The van der Waals surface area contributed by atoms with Crippen molar-refractivity contribution in [2.45, 2.75) is 0 Å². The van der Waals surface area contributed by atoms with Crippen LogP contribution in [-0.2, 0) is 0 Å². The molecule has 0 unspecified atom stereocenters. The van der Waals surface area contributed by atoms with E-state index in [-0.39, 0.29) is 5.75 Å². The standard InChI is InChI=1S/C14H11ClN2O/c15-13-7-3-1-5-11(13)9-16-17-10-12-6-2-4-8-14(12)18/h1-10,18H/b16-9-,17-10-. The van der Waals surface area contributed by atoms with E-state index in [4.69, 9.17) is 11.6 Å². The highest BCUT2D eigenvalue weighted by atomic mass is 35.5. The quantitative estimate of drug-likeness (QED) is 0.665. The zero-order valence-corrected chi connectivity index (χ0v) is 10.2. The summed E-state index contributed by atoms with van der Waals surface area (Å²) in [6, 6.07) is 14.3. The second kappa shape index (κ2) is 5.98. The lowest BCUT2D eigenvalue weighted by atomic mass is 10.2. The van der Waals surface area contributed by atoms with E-state index >= 15 is 0 Å². The summed E-state index contributed by atoms with van der Waals surface area (Å²) in [6.45, 7) is 0. The molecule has 0 spiro atoms. The SMILES string of the molecule is Oc1ccccc1/C=N\N=C/c1ccccc1Cl. The molecule has 0 amide bonds. The molecule has 0 heterocycles. The van der Waals surface area contributed by atoms with Gasteiger partial charge in [-0.25, -0.2) is 0 Å². The van der Waals surface area contributed by atoms with Crippen LogP contribution in [0.5, 0.6) is 5.75 Å². The third-order valence-electron chi connectivity index (χ3n) is 2.30. The van der Waals surface area contributed by atoms with E-state index in [1.807, 2.05) is 24.3 Å². The van der Waals surface area contributed by atoms with Crippen LogP contribution in [-0.4, -0.2) is 17.5 Å². The number of phenolic OH excluding ortho intramolecular Hbond substituents is 1. The Morgan fingerprint density at radius 1 is 0.833 bits per heavy atom. The molecule has 0 aliphatic rings. The first-order valence-corrected chi connectivity index (χ1v) is 5.74. The lowest BCUT2D eigenvalue weighted by molar-refractivity contribution is 0.474. The van der Waals surface area contributed by atoms with Gasteiger partial charge >= 0.3 is 0 Å². The van der Waals surface area contributed by atoms with Gasteiger partial charge in [0.15, 0.2) is 0 Å². The predicted molar refractivity (Wildman–Crippen MR) is 74.7 cm³/mol. The van der Waals surface area contributed by atoms with Gasteiger partial charge in [0.05, 0.1) is 12.4 Å². The van der Waals surface area contributed by atoms with E-state index in [0.717, 1.165) is 5.56 Å². The predicted octanol–water partition coefficient (Wildman–Crippen LogP) is 3.50. The number of aromatic hydroxyl groups is 1. The van der Waals surface area contributed by atoms with E-state index in [1.54, 1.807) is 30.5 Å². The average Bonchev–Trinajstić information content (AvgIpc) is 2.38. The molecular formula is C14H11ClN2O. The number of para-hydroxylation sites is 1. The highest BCUT2D eigenvalue weighted by molar-refractivity contribution is 6.33. The fraction of sp³-hybridized carbons (Fsp3) is 0. The molecule has 2 aromatic rings. The van der Waals surface area contributed by atoms with Crippen LogP contribution < -0.4 is 0 Å². The second-order valence-corrected chi connectivity index (χ2v) is 3.98. The zero-order valence-electron chi connectivity index (χ0n) is 9.49. The highest BCUT2D eigenvalue weighted by Gasteiger charge is 1.94. The summed E-state index contributed by atoms with van der Waals surface area (Å²) >= 11 is 5.96. The van der Waals surface area contributed by atoms with Crippen molar-refractivity contribution >= 4 is 24.0 Å². The topological polar surface area (TPSA) is 45.0 Å². The summed E-state index contributed by atoms with van der Waals surface area (Å²) in [4.78, 5) is 0. The van der Waals surface area contributed by atoms with Crippen molar-refractivity contribution in [2.24, 2.45) is 10.2 Å². The number of phenols is 1. The van der Waals surface area contributed by atoms with E-state index < -0.39 is 0 Å². The summed E-state index contributed by atoms with van der Waals surface area (Å²) < 4.78 is 0. The molecule has 0 saturated carbocycles. The van der Waals surface area contributed by atoms with E-state index in [1.165, 1.54) is 6.21 Å². The molecule has 2 rings (SSSR count). The maximum atomic E-state index is 9.51. The molecule has 90 valence electrons. The first-order chi connectivity index (χ1) is 8.77. The largest absolute Gasteiger partial charge is 0.507 e. The fourth-order valence-corrected chi connectivity index (χ4v) is 1.55. The van der Waals surface area contributed by atoms with Crippen molar-refractivity contribution in [3.05, 3.63) is 64.7 Å². The van der Waals surface area contributed by atoms with Gasteiger partial charge in [-0.2, -0.15) is 10.2 Å². The molecule has 0 aliphatic carbocycles. The maximum Gasteiger partial charge on any atom is 0.124 e. The molecule has 2 aromatic carbocycles. The van der Waals surface area contributed by atoms with Gasteiger partial charge in [-0.1, -0.05) is 41.9 Å². The Hall–Kier alpha value is -2.13. The van der Waals surface area contributed by atoms with Gasteiger partial charge < -0.3 is 5.11 Å². The minimum atomic E-state index is 0.175. The Morgan fingerprint density at radius 2 is 1.39 bits per heavy atom. The zero-order chi connectivity index (χ0) is 12.8. The molecule has 0 bridgehead atoms. The Labute approximate surface area is 110 Å².